The van der Waals surface area contributed by atoms with Crippen LogP contribution in [0.1, 0.15) is 34.1 Å². The van der Waals surface area contributed by atoms with Crippen molar-refractivity contribution in [3.05, 3.63) is 47.5 Å². The van der Waals surface area contributed by atoms with Gasteiger partial charge in [0.15, 0.2) is 0 Å². The van der Waals surface area contributed by atoms with Gasteiger partial charge in [0.05, 0.1) is 19.6 Å². The fraction of sp³-hybridized carbons (Fsp3) is 0.391. The maximum atomic E-state index is 12.7. The van der Waals surface area contributed by atoms with Crippen molar-refractivity contribution >= 4 is 34.2 Å². The number of hydrogen-bond donors (Lipinski definition) is 2. The average molecular weight is 450 g/mol. The summed E-state index contributed by atoms with van der Waals surface area (Å²) in [6, 6.07) is 6.52. The summed E-state index contributed by atoms with van der Waals surface area (Å²) in [5, 5.41) is 3.87. The number of hydrogen-bond acceptors (Lipinski definition) is 5. The summed E-state index contributed by atoms with van der Waals surface area (Å²) in [6.07, 6.45) is 0.818. The Morgan fingerprint density at radius 1 is 1.06 bits per heavy atom. The molecule has 0 aliphatic heterocycles. The van der Waals surface area contributed by atoms with E-state index in [0.29, 0.717) is 40.3 Å². The van der Waals surface area contributed by atoms with Crippen molar-refractivity contribution in [2.45, 2.75) is 13.3 Å². The number of alkyl halides is 1. The maximum Gasteiger partial charge on any atom is 0.251 e. The van der Waals surface area contributed by atoms with E-state index >= 15 is 0 Å². The zero-order valence-electron chi connectivity index (χ0n) is 18.9. The number of halogens is 1. The quantitative estimate of drug-likeness (QED) is 0.347. The molecule has 0 bridgehead atoms. The molecule has 2 aromatic rings. The number of nitrogens with one attached hydrogen (secondary N) is 1. The molecule has 7 nitrogen and oxygen atoms in total. The lowest BCUT2D eigenvalue weighted by molar-refractivity contribution is 0.0953. The third-order valence-corrected chi connectivity index (χ3v) is 4.79. The number of nitrogens with zero attached hydrogens (tertiary/aromatic N) is 1. The molecule has 31 heavy (non-hydrogen) atoms. The highest BCUT2D eigenvalue weighted by molar-refractivity contribution is 6.19. The Morgan fingerprint density at radius 3 is 2.00 bits per heavy atom. The Morgan fingerprint density at radius 2 is 1.58 bits per heavy atom. The number of carbonyl (C=O) groups is 2. The van der Waals surface area contributed by atoms with Crippen LogP contribution < -0.4 is 20.5 Å². The van der Waals surface area contributed by atoms with Gasteiger partial charge in [0.2, 0.25) is 5.91 Å². The van der Waals surface area contributed by atoms with E-state index in [-0.39, 0.29) is 11.5 Å². The zero-order valence-corrected chi connectivity index (χ0v) is 19.6. The monoisotopic (exact) mass is 449 g/mol. The first-order chi connectivity index (χ1) is 14.7. The van der Waals surface area contributed by atoms with Crippen LogP contribution in [0.5, 0.6) is 11.5 Å². The highest BCUT2D eigenvalue weighted by Crippen LogP contribution is 2.38. The largest absolute Gasteiger partial charge is 0.496 e. The molecule has 0 fully saturated rings. The van der Waals surface area contributed by atoms with Crippen molar-refractivity contribution < 1.29 is 19.1 Å². The molecule has 2 rings (SSSR count). The van der Waals surface area contributed by atoms with E-state index in [1.54, 1.807) is 24.3 Å². The Balaban J connectivity index is 0.000000861. The highest BCUT2D eigenvalue weighted by Gasteiger charge is 2.21. The van der Waals surface area contributed by atoms with Crippen molar-refractivity contribution in [2.75, 3.05) is 47.3 Å². The molecule has 0 aliphatic carbocycles. The molecule has 0 saturated heterocycles. The molecule has 2 amide bonds. The van der Waals surface area contributed by atoms with Gasteiger partial charge in [-0.25, -0.2) is 0 Å². The smallest absolute Gasteiger partial charge is 0.251 e. The van der Waals surface area contributed by atoms with Crippen LogP contribution in [0.3, 0.4) is 0 Å². The van der Waals surface area contributed by atoms with Crippen molar-refractivity contribution in [1.82, 2.24) is 10.2 Å². The molecule has 2 aromatic carbocycles. The topological polar surface area (TPSA) is 93.9 Å². The first-order valence-electron chi connectivity index (χ1n) is 9.78. The molecule has 170 valence electrons. The van der Waals surface area contributed by atoms with Gasteiger partial charge in [-0.15, -0.1) is 11.6 Å². The van der Waals surface area contributed by atoms with Gasteiger partial charge in [-0.1, -0.05) is 12.2 Å². The molecule has 0 unspecified atom stereocenters. The predicted octanol–water partition coefficient (Wildman–Crippen LogP) is 3.44. The van der Waals surface area contributed by atoms with E-state index in [2.05, 4.69) is 11.9 Å². The van der Waals surface area contributed by atoms with Crippen LogP contribution in [0.15, 0.2) is 36.4 Å². The van der Waals surface area contributed by atoms with Gasteiger partial charge < -0.3 is 25.4 Å². The molecule has 8 heteroatoms. The van der Waals surface area contributed by atoms with Crippen LogP contribution in [0, 0.1) is 0 Å². The van der Waals surface area contributed by atoms with Crippen LogP contribution in [-0.4, -0.2) is 64.0 Å². The summed E-state index contributed by atoms with van der Waals surface area (Å²) in [4.78, 5) is 26.7. The van der Waals surface area contributed by atoms with Gasteiger partial charge in [0.25, 0.3) is 5.91 Å². The number of primary amides is 1. The van der Waals surface area contributed by atoms with Crippen LogP contribution in [0.2, 0.25) is 0 Å². The first-order valence-corrected chi connectivity index (χ1v) is 10.3. The Kier molecular flexibility index (Phi) is 10.9. The number of allylic oxidation sites excluding steroid dienone is 1. The highest BCUT2D eigenvalue weighted by atomic mass is 35.5. The summed E-state index contributed by atoms with van der Waals surface area (Å²) in [7, 11) is 6.99. The van der Waals surface area contributed by atoms with Crippen LogP contribution in [-0.2, 0) is 0 Å². The lowest BCUT2D eigenvalue weighted by Crippen LogP contribution is -2.27. The number of methoxy groups -OCH3 is 2. The summed E-state index contributed by atoms with van der Waals surface area (Å²) in [5.74, 6) is 0.702. The van der Waals surface area contributed by atoms with Crippen molar-refractivity contribution in [3.8, 4) is 11.5 Å². The zero-order chi connectivity index (χ0) is 23.6. The van der Waals surface area contributed by atoms with Crippen LogP contribution in [0.25, 0.3) is 10.8 Å². The van der Waals surface area contributed by atoms with E-state index in [4.69, 9.17) is 26.8 Å². The lowest BCUT2D eigenvalue weighted by atomic mass is 9.96. The third-order valence-electron chi connectivity index (χ3n) is 4.33. The van der Waals surface area contributed by atoms with Crippen LogP contribution in [0.4, 0.5) is 0 Å². The second kappa shape index (κ2) is 12.8. The normalized spacial score (nSPS) is 10.3. The molecule has 0 saturated carbocycles. The van der Waals surface area contributed by atoms with Gasteiger partial charge in [-0.05, 0) is 58.3 Å². The van der Waals surface area contributed by atoms with Crippen molar-refractivity contribution in [3.63, 3.8) is 0 Å². The fourth-order valence-electron chi connectivity index (χ4n) is 2.86. The summed E-state index contributed by atoms with van der Waals surface area (Å²) >= 11 is 5.24. The van der Waals surface area contributed by atoms with Gasteiger partial charge in [0.1, 0.15) is 11.5 Å². The predicted molar refractivity (Wildman–Crippen MR) is 127 cm³/mol. The molecule has 0 heterocycles. The number of amides is 2. The van der Waals surface area contributed by atoms with Gasteiger partial charge >= 0.3 is 0 Å². The molecule has 0 radical (unpaired) electrons. The third kappa shape index (κ3) is 7.45. The lowest BCUT2D eigenvalue weighted by Gasteiger charge is -2.16. The number of ether oxygens (including phenoxy) is 2. The second-order valence-corrected chi connectivity index (χ2v) is 7.52. The van der Waals surface area contributed by atoms with E-state index < -0.39 is 5.91 Å². The van der Waals surface area contributed by atoms with E-state index in [1.165, 1.54) is 14.2 Å². The number of nitrogens with two attached hydrogens (primary N) is 1. The molecule has 0 spiro atoms. The molecule has 3 N–H and O–H groups in total. The summed E-state index contributed by atoms with van der Waals surface area (Å²) in [5.41, 5.74) is 7.16. The van der Waals surface area contributed by atoms with Gasteiger partial charge in [-0.3, -0.25) is 9.59 Å². The number of rotatable bonds is 9. The second-order valence-electron chi connectivity index (χ2n) is 7.25. The minimum atomic E-state index is -0.618. The fourth-order valence-corrected chi connectivity index (χ4v) is 2.86. The van der Waals surface area contributed by atoms with Gasteiger partial charge in [0, 0.05) is 28.9 Å². The van der Waals surface area contributed by atoms with E-state index in [9.17, 15) is 9.59 Å². The van der Waals surface area contributed by atoms with E-state index in [1.807, 2.05) is 25.9 Å². The molecule has 0 aromatic heterocycles. The van der Waals surface area contributed by atoms with Crippen molar-refractivity contribution in [1.29, 1.82) is 0 Å². The number of carbonyl (C=O) groups excluding carboxylic acids is 2. The molecule has 0 aliphatic rings. The summed E-state index contributed by atoms with van der Waals surface area (Å²) < 4.78 is 10.8. The van der Waals surface area contributed by atoms with E-state index in [0.717, 1.165) is 18.5 Å². The Labute approximate surface area is 189 Å². The van der Waals surface area contributed by atoms with Crippen LogP contribution >= 0.6 is 11.6 Å². The first kappa shape index (κ1) is 26.3. The minimum absolute atomic E-state index is 0.248. The number of fused-ring (bicyclic) bond motifs is 1. The molecular weight excluding hydrogens is 418 g/mol. The van der Waals surface area contributed by atoms with Gasteiger partial charge in [-0.2, -0.15) is 0 Å². The summed E-state index contributed by atoms with van der Waals surface area (Å²) in [6.45, 7) is 6.83. The molecular formula is C23H32ClN3O4. The molecule has 0 atom stereocenters. The standard InChI is InChI=1S/C19H25N3O4.C4H7Cl/c1-22(2)11-5-10-21-19(24)13-7-9-15(26-4)17-14(25-3)8-6-12(16(13)17)18(20)23;1-4(2)3-5/h6-9H,5,10-11H2,1-4H3,(H2,20,23)(H,21,24);1,3H2,2H3. The number of benzene rings is 2. The van der Waals surface area contributed by atoms with Crippen molar-refractivity contribution in [2.24, 2.45) is 5.73 Å². The Bertz CT molecular complexity index is 918. The SMILES string of the molecule is C=C(C)CCl.COc1ccc(C(N)=O)c2c(C(=O)NCCCN(C)C)ccc(OC)c12. The minimum Gasteiger partial charge on any atom is -0.496 e. The average Bonchev–Trinajstić information content (AvgIpc) is 2.74. The Hall–Kier alpha value is -2.77. The maximum absolute atomic E-state index is 12.7.